The van der Waals surface area contributed by atoms with Crippen molar-refractivity contribution < 1.29 is 13.2 Å². The molecular formula is C21H19ClN4O3S2. The molecule has 0 bridgehead atoms. The second-order valence-corrected chi connectivity index (χ2v) is 10.4. The number of amides is 1. The number of aromatic nitrogens is 3. The van der Waals surface area contributed by atoms with E-state index in [4.69, 9.17) is 11.6 Å². The highest BCUT2D eigenvalue weighted by Crippen LogP contribution is 2.33. The third-order valence-electron chi connectivity index (χ3n) is 4.79. The second kappa shape index (κ2) is 8.78. The molecule has 0 aliphatic rings. The van der Waals surface area contributed by atoms with Gasteiger partial charge in [0, 0.05) is 24.5 Å². The molecule has 31 heavy (non-hydrogen) atoms. The molecule has 0 N–H and O–H groups in total. The SMILES string of the molecule is CCS(=O)(=O)c1ccc(C(=O)N(CCn2cccn2)c2nc3c(Cl)cccc3s2)cc1. The lowest BCUT2D eigenvalue weighted by Gasteiger charge is -2.20. The first-order chi connectivity index (χ1) is 14.9. The van der Waals surface area contributed by atoms with Gasteiger partial charge in [-0.05, 0) is 42.5 Å². The van der Waals surface area contributed by atoms with Crippen molar-refractivity contribution in [1.82, 2.24) is 14.8 Å². The molecule has 2 aromatic heterocycles. The van der Waals surface area contributed by atoms with Gasteiger partial charge in [-0.15, -0.1) is 0 Å². The minimum Gasteiger partial charge on any atom is -0.282 e. The molecule has 4 aromatic rings. The minimum atomic E-state index is -3.34. The molecule has 0 saturated heterocycles. The van der Waals surface area contributed by atoms with E-state index in [0.29, 0.717) is 34.3 Å². The Labute approximate surface area is 188 Å². The van der Waals surface area contributed by atoms with Crippen LogP contribution in [0.4, 0.5) is 5.13 Å². The zero-order valence-electron chi connectivity index (χ0n) is 16.6. The molecule has 1 amide bonds. The topological polar surface area (TPSA) is 85.2 Å². The summed E-state index contributed by atoms with van der Waals surface area (Å²) in [5, 5.41) is 5.23. The fourth-order valence-corrected chi connectivity index (χ4v) is 5.24. The molecule has 0 aliphatic carbocycles. The van der Waals surface area contributed by atoms with E-state index in [1.165, 1.54) is 35.6 Å². The number of sulfone groups is 1. The third-order valence-corrected chi connectivity index (χ3v) is 7.89. The van der Waals surface area contributed by atoms with Crippen LogP contribution in [0.15, 0.2) is 65.8 Å². The van der Waals surface area contributed by atoms with Crippen LogP contribution in [-0.4, -0.2) is 41.4 Å². The number of carbonyl (C=O) groups is 1. The van der Waals surface area contributed by atoms with Crippen LogP contribution in [0.5, 0.6) is 0 Å². The quantitative estimate of drug-likeness (QED) is 0.399. The van der Waals surface area contributed by atoms with Gasteiger partial charge >= 0.3 is 0 Å². The Morgan fingerprint density at radius 3 is 2.58 bits per heavy atom. The number of nitrogens with zero attached hydrogens (tertiary/aromatic N) is 4. The first-order valence-corrected chi connectivity index (χ1v) is 12.4. The van der Waals surface area contributed by atoms with E-state index in [-0.39, 0.29) is 16.6 Å². The van der Waals surface area contributed by atoms with E-state index in [9.17, 15) is 13.2 Å². The summed E-state index contributed by atoms with van der Waals surface area (Å²) in [6, 6.07) is 13.3. The van der Waals surface area contributed by atoms with Crippen LogP contribution in [0.25, 0.3) is 10.2 Å². The van der Waals surface area contributed by atoms with E-state index in [0.717, 1.165) is 4.70 Å². The number of anilines is 1. The molecule has 0 saturated carbocycles. The van der Waals surface area contributed by atoms with Crippen LogP contribution in [0, 0.1) is 0 Å². The van der Waals surface area contributed by atoms with Crippen molar-refractivity contribution in [3.8, 4) is 0 Å². The second-order valence-electron chi connectivity index (χ2n) is 6.74. The van der Waals surface area contributed by atoms with Crippen LogP contribution in [0.1, 0.15) is 17.3 Å². The predicted octanol–water partition coefficient (Wildman–Crippen LogP) is 4.29. The van der Waals surface area contributed by atoms with Gasteiger partial charge in [0.1, 0.15) is 5.52 Å². The van der Waals surface area contributed by atoms with Gasteiger partial charge in [-0.25, -0.2) is 13.4 Å². The monoisotopic (exact) mass is 474 g/mol. The predicted molar refractivity (Wildman–Crippen MR) is 123 cm³/mol. The standard InChI is InChI=1S/C21H19ClN4O3S2/c1-2-31(28,29)16-9-7-15(8-10-16)20(27)26(14-13-25-12-4-11-23-25)21-24-19-17(22)5-3-6-18(19)30-21/h3-12H,2,13-14H2,1H3. The maximum atomic E-state index is 13.4. The summed E-state index contributed by atoms with van der Waals surface area (Å²) in [6.45, 7) is 2.40. The molecular weight excluding hydrogens is 456 g/mol. The Hall–Kier alpha value is -2.75. The Bertz CT molecular complexity index is 1320. The maximum Gasteiger partial charge on any atom is 0.260 e. The largest absolute Gasteiger partial charge is 0.282 e. The van der Waals surface area contributed by atoms with Crippen LogP contribution >= 0.6 is 22.9 Å². The average Bonchev–Trinajstić information content (AvgIpc) is 3.44. The van der Waals surface area contributed by atoms with Crippen LogP contribution in [0.3, 0.4) is 0 Å². The number of benzene rings is 2. The number of carbonyl (C=O) groups excluding carboxylic acids is 1. The lowest BCUT2D eigenvalue weighted by Crippen LogP contribution is -2.34. The summed E-state index contributed by atoms with van der Waals surface area (Å²) in [5.41, 5.74) is 1.02. The Balaban J connectivity index is 1.69. The zero-order valence-corrected chi connectivity index (χ0v) is 19.0. The number of hydrogen-bond acceptors (Lipinski definition) is 6. The number of halogens is 1. The molecule has 0 spiro atoms. The number of rotatable bonds is 7. The van der Waals surface area contributed by atoms with E-state index < -0.39 is 9.84 Å². The van der Waals surface area contributed by atoms with Crippen molar-refractivity contribution in [2.45, 2.75) is 18.4 Å². The van der Waals surface area contributed by atoms with Gasteiger partial charge in [0.25, 0.3) is 5.91 Å². The summed E-state index contributed by atoms with van der Waals surface area (Å²) in [4.78, 5) is 19.7. The molecule has 0 aliphatic heterocycles. The Morgan fingerprint density at radius 2 is 1.94 bits per heavy atom. The normalized spacial score (nSPS) is 11.7. The lowest BCUT2D eigenvalue weighted by molar-refractivity contribution is 0.0985. The summed E-state index contributed by atoms with van der Waals surface area (Å²) in [7, 11) is -3.34. The fourth-order valence-electron chi connectivity index (χ4n) is 3.07. The molecule has 0 radical (unpaired) electrons. The van der Waals surface area contributed by atoms with E-state index >= 15 is 0 Å². The van der Waals surface area contributed by atoms with Crippen molar-refractivity contribution in [2.75, 3.05) is 17.2 Å². The van der Waals surface area contributed by atoms with Gasteiger partial charge in [-0.3, -0.25) is 14.4 Å². The molecule has 0 unspecified atom stereocenters. The molecule has 4 rings (SSSR count). The zero-order chi connectivity index (χ0) is 22.0. The first-order valence-electron chi connectivity index (χ1n) is 9.56. The van der Waals surface area contributed by atoms with E-state index in [1.54, 1.807) is 28.8 Å². The first kappa shape index (κ1) is 21.5. The molecule has 2 aromatic carbocycles. The van der Waals surface area contributed by atoms with E-state index in [1.807, 2.05) is 24.4 Å². The number of thiazole rings is 1. The van der Waals surface area contributed by atoms with Gasteiger partial charge in [0.05, 0.1) is 26.9 Å². The van der Waals surface area contributed by atoms with Gasteiger partial charge < -0.3 is 0 Å². The molecule has 0 fully saturated rings. The van der Waals surface area contributed by atoms with Crippen LogP contribution in [0.2, 0.25) is 5.02 Å². The Morgan fingerprint density at radius 1 is 1.16 bits per heavy atom. The van der Waals surface area contributed by atoms with E-state index in [2.05, 4.69) is 10.1 Å². The average molecular weight is 475 g/mol. The summed E-state index contributed by atoms with van der Waals surface area (Å²) >= 11 is 7.65. The highest BCUT2D eigenvalue weighted by Gasteiger charge is 2.23. The van der Waals surface area contributed by atoms with Crippen molar-refractivity contribution in [3.63, 3.8) is 0 Å². The maximum absolute atomic E-state index is 13.4. The van der Waals surface area contributed by atoms with Crippen molar-refractivity contribution in [2.24, 2.45) is 0 Å². The molecule has 7 nitrogen and oxygen atoms in total. The highest BCUT2D eigenvalue weighted by molar-refractivity contribution is 7.91. The van der Waals surface area contributed by atoms with Gasteiger partial charge in [0.2, 0.25) is 0 Å². The lowest BCUT2D eigenvalue weighted by atomic mass is 10.2. The van der Waals surface area contributed by atoms with Crippen molar-refractivity contribution in [3.05, 3.63) is 71.5 Å². The number of para-hydroxylation sites is 1. The van der Waals surface area contributed by atoms with Gasteiger partial charge in [0.15, 0.2) is 15.0 Å². The van der Waals surface area contributed by atoms with Gasteiger partial charge in [-0.2, -0.15) is 5.10 Å². The van der Waals surface area contributed by atoms with Crippen molar-refractivity contribution >= 4 is 54.0 Å². The molecule has 2 heterocycles. The van der Waals surface area contributed by atoms with Gasteiger partial charge in [-0.1, -0.05) is 35.9 Å². The smallest absolute Gasteiger partial charge is 0.260 e. The summed E-state index contributed by atoms with van der Waals surface area (Å²) < 4.78 is 26.8. The summed E-state index contributed by atoms with van der Waals surface area (Å²) in [6.07, 6.45) is 3.50. The minimum absolute atomic E-state index is 0.00273. The fraction of sp³-hybridized carbons (Fsp3) is 0.190. The van der Waals surface area contributed by atoms with Crippen LogP contribution < -0.4 is 4.90 Å². The number of fused-ring (bicyclic) bond motifs is 1. The highest BCUT2D eigenvalue weighted by atomic mass is 35.5. The molecule has 0 atom stereocenters. The van der Waals surface area contributed by atoms with Crippen molar-refractivity contribution in [1.29, 1.82) is 0 Å². The Kier molecular flexibility index (Phi) is 6.08. The molecule has 10 heteroatoms. The molecule has 160 valence electrons. The van der Waals surface area contributed by atoms with Crippen LogP contribution in [-0.2, 0) is 16.4 Å². The summed E-state index contributed by atoms with van der Waals surface area (Å²) in [5.74, 6) is -0.272. The number of hydrogen-bond donors (Lipinski definition) is 0. The third kappa shape index (κ3) is 4.48.